The highest BCUT2D eigenvalue weighted by molar-refractivity contribution is 5.30. The third-order valence-corrected chi connectivity index (χ3v) is 2.73. The first-order chi connectivity index (χ1) is 8.11. The van der Waals surface area contributed by atoms with Gasteiger partial charge in [-0.2, -0.15) is 15.3 Å². The summed E-state index contributed by atoms with van der Waals surface area (Å²) in [5, 5.41) is 22.4. The Morgan fingerprint density at radius 3 is 2.76 bits per heavy atom. The summed E-state index contributed by atoms with van der Waals surface area (Å²) in [7, 11) is 0. The molecule has 0 aliphatic rings. The molecule has 17 heavy (non-hydrogen) atoms. The Morgan fingerprint density at radius 1 is 1.35 bits per heavy atom. The third kappa shape index (κ3) is 2.34. The van der Waals surface area contributed by atoms with Crippen LogP contribution in [0.25, 0.3) is 0 Å². The van der Waals surface area contributed by atoms with Crippen molar-refractivity contribution in [2.45, 2.75) is 33.4 Å². The molecule has 5 nitrogen and oxygen atoms in total. The summed E-state index contributed by atoms with van der Waals surface area (Å²) in [4.78, 5) is 0. The van der Waals surface area contributed by atoms with Crippen molar-refractivity contribution in [2.75, 3.05) is 0 Å². The average molecular weight is 232 g/mol. The van der Waals surface area contributed by atoms with Gasteiger partial charge in [-0.3, -0.25) is 4.68 Å². The van der Waals surface area contributed by atoms with E-state index in [2.05, 4.69) is 15.3 Å². The zero-order valence-corrected chi connectivity index (χ0v) is 10.3. The molecule has 0 amide bonds. The lowest BCUT2D eigenvalue weighted by atomic mass is 10.0. The molecule has 0 aromatic carbocycles. The van der Waals surface area contributed by atoms with Gasteiger partial charge in [0.2, 0.25) is 0 Å². The predicted octanol–water partition coefficient (Wildman–Crippen LogP) is 1.39. The Morgan fingerprint density at radius 2 is 2.12 bits per heavy atom. The molecule has 2 heterocycles. The topological polar surface area (TPSA) is 63.8 Å². The van der Waals surface area contributed by atoms with Crippen LogP contribution in [0.4, 0.5) is 0 Å². The summed E-state index contributed by atoms with van der Waals surface area (Å²) in [5.41, 5.74) is 3.11. The maximum Gasteiger partial charge on any atom is 0.109 e. The lowest BCUT2D eigenvalue weighted by Crippen LogP contribution is -2.05. The van der Waals surface area contributed by atoms with Crippen LogP contribution in [-0.2, 0) is 6.54 Å². The van der Waals surface area contributed by atoms with Crippen LogP contribution < -0.4 is 0 Å². The van der Waals surface area contributed by atoms with Crippen LogP contribution in [0.5, 0.6) is 0 Å². The van der Waals surface area contributed by atoms with Crippen LogP contribution >= 0.6 is 0 Å². The minimum absolute atomic E-state index is 0.690. The molecule has 2 aromatic heterocycles. The van der Waals surface area contributed by atoms with E-state index in [4.69, 9.17) is 0 Å². The van der Waals surface area contributed by atoms with Crippen molar-refractivity contribution in [3.05, 3.63) is 41.0 Å². The molecular weight excluding hydrogens is 216 g/mol. The first-order valence-electron chi connectivity index (χ1n) is 5.63. The van der Waals surface area contributed by atoms with E-state index in [0.29, 0.717) is 0 Å². The molecule has 0 radical (unpaired) electrons. The summed E-state index contributed by atoms with van der Waals surface area (Å²) >= 11 is 0. The normalized spacial score (nSPS) is 12.7. The Balaban J connectivity index is 2.35. The lowest BCUT2D eigenvalue weighted by Gasteiger charge is -2.11. The summed E-state index contributed by atoms with van der Waals surface area (Å²) in [6.45, 7) is 6.50. The van der Waals surface area contributed by atoms with Crippen LogP contribution in [0.1, 0.15) is 35.5 Å². The second kappa shape index (κ2) is 4.63. The van der Waals surface area contributed by atoms with Gasteiger partial charge in [0.1, 0.15) is 6.10 Å². The van der Waals surface area contributed by atoms with E-state index in [1.165, 1.54) is 0 Å². The second-order valence-corrected chi connectivity index (χ2v) is 4.06. The fraction of sp³-hybridized carbons (Fsp3) is 0.417. The van der Waals surface area contributed by atoms with Gasteiger partial charge in [-0.15, -0.1) is 0 Å². The zero-order valence-electron chi connectivity index (χ0n) is 10.3. The van der Waals surface area contributed by atoms with E-state index < -0.39 is 6.10 Å². The Labute approximate surface area is 100 Å². The number of rotatable bonds is 3. The molecule has 1 atom stereocenters. The molecule has 0 bridgehead atoms. The smallest absolute Gasteiger partial charge is 0.109 e. The van der Waals surface area contributed by atoms with Crippen molar-refractivity contribution < 1.29 is 5.11 Å². The predicted molar refractivity (Wildman–Crippen MR) is 63.5 cm³/mol. The first-order valence-corrected chi connectivity index (χ1v) is 5.63. The van der Waals surface area contributed by atoms with Crippen LogP contribution in [0, 0.1) is 13.8 Å². The number of nitrogens with zero attached hydrogens (tertiary/aromatic N) is 4. The maximum absolute atomic E-state index is 10.3. The highest BCUT2D eigenvalue weighted by atomic mass is 16.3. The fourth-order valence-corrected chi connectivity index (χ4v) is 1.72. The van der Waals surface area contributed by atoms with Crippen LogP contribution in [0.3, 0.4) is 0 Å². The zero-order chi connectivity index (χ0) is 12.4. The van der Waals surface area contributed by atoms with Gasteiger partial charge in [0.05, 0.1) is 17.6 Å². The van der Waals surface area contributed by atoms with Crippen molar-refractivity contribution in [1.29, 1.82) is 0 Å². The summed E-state index contributed by atoms with van der Waals surface area (Å²) in [5.74, 6) is 0. The Kier molecular flexibility index (Phi) is 3.19. The summed E-state index contributed by atoms with van der Waals surface area (Å²) in [6.07, 6.45) is 2.84. The van der Waals surface area contributed by atoms with Crippen LogP contribution in [-0.4, -0.2) is 25.1 Å². The molecule has 2 rings (SSSR count). The number of hydrogen-bond acceptors (Lipinski definition) is 4. The number of aromatic nitrogens is 4. The molecule has 0 aliphatic heterocycles. The summed E-state index contributed by atoms with van der Waals surface area (Å²) in [6, 6.07) is 1.86. The molecule has 0 fully saturated rings. The van der Waals surface area contributed by atoms with E-state index >= 15 is 0 Å². The van der Waals surface area contributed by atoms with Gasteiger partial charge in [-0.25, -0.2) is 0 Å². The first kappa shape index (κ1) is 11.7. The monoisotopic (exact) mass is 232 g/mol. The maximum atomic E-state index is 10.3. The molecule has 0 spiro atoms. The molecule has 0 saturated carbocycles. The Bertz CT molecular complexity index is 521. The Hall–Kier alpha value is -1.75. The standard InChI is InChI=1S/C12H16N4O/c1-4-16-7-10(6-13-16)12(17)11-5-8(2)14-15-9(11)3/h5-7,12,17H,4H2,1-3H3. The molecule has 1 N–H and O–H groups in total. The van der Waals surface area contributed by atoms with E-state index in [9.17, 15) is 5.11 Å². The van der Waals surface area contributed by atoms with Crippen molar-refractivity contribution in [1.82, 2.24) is 20.0 Å². The SMILES string of the molecule is CCn1cc(C(O)c2cc(C)nnc2C)cn1. The molecule has 90 valence electrons. The van der Waals surface area contributed by atoms with Crippen molar-refractivity contribution >= 4 is 0 Å². The molecular formula is C12H16N4O. The van der Waals surface area contributed by atoms with Gasteiger partial charge in [0.15, 0.2) is 0 Å². The fourth-order valence-electron chi connectivity index (χ4n) is 1.72. The lowest BCUT2D eigenvalue weighted by molar-refractivity contribution is 0.218. The average Bonchev–Trinajstić information content (AvgIpc) is 2.80. The molecule has 2 aromatic rings. The van der Waals surface area contributed by atoms with E-state index in [1.54, 1.807) is 10.9 Å². The quantitative estimate of drug-likeness (QED) is 0.868. The van der Waals surface area contributed by atoms with Crippen molar-refractivity contribution in [2.24, 2.45) is 0 Å². The van der Waals surface area contributed by atoms with Crippen molar-refractivity contribution in [3.8, 4) is 0 Å². The van der Waals surface area contributed by atoms with Crippen LogP contribution in [0.15, 0.2) is 18.5 Å². The second-order valence-electron chi connectivity index (χ2n) is 4.06. The number of aliphatic hydroxyl groups is 1. The van der Waals surface area contributed by atoms with E-state index in [0.717, 1.165) is 29.1 Å². The van der Waals surface area contributed by atoms with Gasteiger partial charge >= 0.3 is 0 Å². The highest BCUT2D eigenvalue weighted by Gasteiger charge is 2.16. The number of hydrogen-bond donors (Lipinski definition) is 1. The molecule has 5 heteroatoms. The number of aliphatic hydroxyl groups excluding tert-OH is 1. The van der Waals surface area contributed by atoms with E-state index in [1.807, 2.05) is 33.0 Å². The number of aryl methyl sites for hydroxylation is 3. The largest absolute Gasteiger partial charge is 0.383 e. The van der Waals surface area contributed by atoms with Gasteiger partial charge in [0.25, 0.3) is 0 Å². The summed E-state index contributed by atoms with van der Waals surface area (Å²) < 4.78 is 1.79. The van der Waals surface area contributed by atoms with Crippen LogP contribution in [0.2, 0.25) is 0 Å². The van der Waals surface area contributed by atoms with Gasteiger partial charge in [-0.05, 0) is 26.8 Å². The molecule has 0 aliphatic carbocycles. The van der Waals surface area contributed by atoms with Gasteiger partial charge < -0.3 is 5.11 Å². The highest BCUT2D eigenvalue weighted by Crippen LogP contribution is 2.23. The molecule has 1 unspecified atom stereocenters. The van der Waals surface area contributed by atoms with Crippen molar-refractivity contribution in [3.63, 3.8) is 0 Å². The minimum Gasteiger partial charge on any atom is -0.383 e. The van der Waals surface area contributed by atoms with Gasteiger partial charge in [0, 0.05) is 23.9 Å². The van der Waals surface area contributed by atoms with Gasteiger partial charge in [-0.1, -0.05) is 0 Å². The minimum atomic E-state index is -0.690. The van der Waals surface area contributed by atoms with E-state index in [-0.39, 0.29) is 0 Å². The third-order valence-electron chi connectivity index (χ3n) is 2.73. The molecule has 0 saturated heterocycles.